The first kappa shape index (κ1) is 15.8. The summed E-state index contributed by atoms with van der Waals surface area (Å²) in [5.41, 5.74) is 0.739. The lowest BCUT2D eigenvalue weighted by atomic mass is 10.0. The molecule has 1 heterocycles. The van der Waals surface area contributed by atoms with Crippen LogP contribution in [0.25, 0.3) is 0 Å². The molecule has 0 unspecified atom stereocenters. The van der Waals surface area contributed by atoms with Crippen molar-refractivity contribution in [2.75, 3.05) is 19.6 Å². The molecule has 1 N–H and O–H groups in total. The van der Waals surface area contributed by atoms with Gasteiger partial charge in [0.15, 0.2) is 0 Å². The van der Waals surface area contributed by atoms with E-state index in [1.807, 2.05) is 6.07 Å². The molecule has 1 aliphatic heterocycles. The van der Waals surface area contributed by atoms with Crippen molar-refractivity contribution in [1.82, 2.24) is 10.2 Å². The van der Waals surface area contributed by atoms with Crippen molar-refractivity contribution in [2.45, 2.75) is 31.5 Å². The van der Waals surface area contributed by atoms with Crippen LogP contribution in [0.5, 0.6) is 0 Å². The number of rotatable bonds is 4. The number of nitrogens with one attached hydrogen (secondary N) is 1. The monoisotopic (exact) mass is 300 g/mol. The van der Waals surface area contributed by atoms with Gasteiger partial charge in [-0.2, -0.15) is 13.2 Å². The molecule has 0 aromatic heterocycles. The van der Waals surface area contributed by atoms with E-state index in [1.165, 1.54) is 0 Å². The molecule has 0 atom stereocenters. The van der Waals surface area contributed by atoms with E-state index in [0.717, 1.165) is 10.5 Å². The van der Waals surface area contributed by atoms with Gasteiger partial charge in [-0.25, -0.2) is 0 Å². The molecular formula is C15H19F3N2O. The highest BCUT2D eigenvalue weighted by Gasteiger charge is 2.36. The average molecular weight is 300 g/mol. The molecule has 1 aliphatic rings. The quantitative estimate of drug-likeness (QED) is 0.926. The lowest BCUT2D eigenvalue weighted by Gasteiger charge is -2.35. The molecule has 0 spiro atoms. The number of alkyl halides is 3. The van der Waals surface area contributed by atoms with Gasteiger partial charge in [-0.1, -0.05) is 30.3 Å². The Bertz CT molecular complexity index is 456. The van der Waals surface area contributed by atoms with E-state index in [1.54, 1.807) is 24.3 Å². The van der Waals surface area contributed by atoms with Gasteiger partial charge in [-0.15, -0.1) is 0 Å². The van der Waals surface area contributed by atoms with E-state index in [-0.39, 0.29) is 12.5 Å². The van der Waals surface area contributed by atoms with Crippen LogP contribution in [0, 0.1) is 0 Å². The molecule has 116 valence electrons. The van der Waals surface area contributed by atoms with Crippen LogP contribution in [0.1, 0.15) is 18.4 Å². The van der Waals surface area contributed by atoms with Gasteiger partial charge >= 0.3 is 6.18 Å². The summed E-state index contributed by atoms with van der Waals surface area (Å²) in [5.74, 6) is -0.453. The molecule has 0 bridgehead atoms. The van der Waals surface area contributed by atoms with Crippen molar-refractivity contribution < 1.29 is 18.0 Å². The maximum atomic E-state index is 12.8. The number of nitrogens with zero attached hydrogens (tertiary/aromatic N) is 1. The Labute approximate surface area is 122 Å². The maximum absolute atomic E-state index is 12.8. The largest absolute Gasteiger partial charge is 0.406 e. The van der Waals surface area contributed by atoms with Crippen molar-refractivity contribution >= 4 is 5.91 Å². The molecule has 0 saturated carbocycles. The number of carbonyl (C=O) groups excluding carboxylic acids is 1. The van der Waals surface area contributed by atoms with Crippen LogP contribution < -0.4 is 5.32 Å². The van der Waals surface area contributed by atoms with E-state index in [2.05, 4.69) is 5.32 Å². The molecular weight excluding hydrogens is 281 g/mol. The summed E-state index contributed by atoms with van der Waals surface area (Å²) < 4.78 is 38.3. The summed E-state index contributed by atoms with van der Waals surface area (Å²) in [6, 6.07) is 8.55. The molecule has 1 saturated heterocycles. The number of carbonyl (C=O) groups is 1. The zero-order valence-electron chi connectivity index (χ0n) is 11.7. The van der Waals surface area contributed by atoms with E-state index in [9.17, 15) is 18.0 Å². The standard InChI is InChI=1S/C15H19F3N2O/c16-15(17,18)11-20(13-6-8-19-9-7-13)14(21)10-12-4-2-1-3-5-12/h1-5,13,19H,6-11H2. The minimum atomic E-state index is -4.36. The third-order valence-corrected chi connectivity index (χ3v) is 3.62. The van der Waals surface area contributed by atoms with Gasteiger partial charge in [-0.3, -0.25) is 4.79 Å². The summed E-state index contributed by atoms with van der Waals surface area (Å²) in [4.78, 5) is 13.3. The van der Waals surface area contributed by atoms with Crippen LogP contribution in [-0.2, 0) is 11.2 Å². The number of amides is 1. The highest BCUT2D eigenvalue weighted by atomic mass is 19.4. The topological polar surface area (TPSA) is 32.3 Å². The first-order chi connectivity index (χ1) is 9.96. The third kappa shape index (κ3) is 5.04. The zero-order chi connectivity index (χ0) is 15.3. The smallest absolute Gasteiger partial charge is 0.330 e. The normalized spacial score (nSPS) is 16.7. The van der Waals surface area contributed by atoms with Crippen molar-refractivity contribution in [3.05, 3.63) is 35.9 Å². The number of hydrogen-bond acceptors (Lipinski definition) is 2. The molecule has 21 heavy (non-hydrogen) atoms. The fourth-order valence-electron chi connectivity index (χ4n) is 2.60. The number of benzene rings is 1. The Hall–Kier alpha value is -1.56. The van der Waals surface area contributed by atoms with Crippen LogP contribution in [0.3, 0.4) is 0 Å². The first-order valence-electron chi connectivity index (χ1n) is 7.06. The first-order valence-corrected chi connectivity index (χ1v) is 7.06. The molecule has 3 nitrogen and oxygen atoms in total. The Morgan fingerprint density at radius 1 is 1.19 bits per heavy atom. The molecule has 0 radical (unpaired) electrons. The minimum Gasteiger partial charge on any atom is -0.330 e. The molecule has 2 rings (SSSR count). The predicted octanol–water partition coefficient (Wildman–Crippen LogP) is 2.37. The highest BCUT2D eigenvalue weighted by molar-refractivity contribution is 5.79. The Balaban J connectivity index is 2.08. The lowest BCUT2D eigenvalue weighted by molar-refractivity contribution is -0.166. The maximum Gasteiger partial charge on any atom is 0.406 e. The van der Waals surface area contributed by atoms with Crippen LogP contribution in [-0.4, -0.2) is 42.7 Å². The lowest BCUT2D eigenvalue weighted by Crippen LogP contribution is -2.50. The zero-order valence-corrected chi connectivity index (χ0v) is 11.7. The fraction of sp³-hybridized carbons (Fsp3) is 0.533. The summed E-state index contributed by atoms with van der Waals surface area (Å²) >= 11 is 0. The SMILES string of the molecule is O=C(Cc1ccccc1)N(CC(F)(F)F)C1CCNCC1. The second-order valence-corrected chi connectivity index (χ2v) is 5.28. The van der Waals surface area contributed by atoms with Crippen molar-refractivity contribution in [3.63, 3.8) is 0 Å². The Kier molecular flexibility index (Phi) is 5.22. The minimum absolute atomic E-state index is 0.0147. The van der Waals surface area contributed by atoms with Crippen molar-refractivity contribution in [2.24, 2.45) is 0 Å². The van der Waals surface area contributed by atoms with E-state index in [0.29, 0.717) is 25.9 Å². The van der Waals surface area contributed by atoms with Gasteiger partial charge in [-0.05, 0) is 31.5 Å². The van der Waals surface area contributed by atoms with Gasteiger partial charge in [0.2, 0.25) is 5.91 Å². The second-order valence-electron chi connectivity index (χ2n) is 5.28. The molecule has 1 aromatic rings. The van der Waals surface area contributed by atoms with Crippen LogP contribution >= 0.6 is 0 Å². The molecule has 1 amide bonds. The van der Waals surface area contributed by atoms with E-state index in [4.69, 9.17) is 0 Å². The van der Waals surface area contributed by atoms with E-state index >= 15 is 0 Å². The number of piperidine rings is 1. The Morgan fingerprint density at radius 3 is 2.38 bits per heavy atom. The Morgan fingerprint density at radius 2 is 1.81 bits per heavy atom. The van der Waals surface area contributed by atoms with Gasteiger partial charge in [0.25, 0.3) is 0 Å². The van der Waals surface area contributed by atoms with Gasteiger partial charge in [0.05, 0.1) is 6.42 Å². The summed E-state index contributed by atoms with van der Waals surface area (Å²) in [6.45, 7) is 0.138. The van der Waals surface area contributed by atoms with Crippen molar-refractivity contribution in [1.29, 1.82) is 0 Å². The third-order valence-electron chi connectivity index (χ3n) is 3.62. The average Bonchev–Trinajstić information content (AvgIpc) is 2.46. The predicted molar refractivity (Wildman–Crippen MR) is 73.8 cm³/mol. The number of halogens is 3. The van der Waals surface area contributed by atoms with Crippen molar-refractivity contribution in [3.8, 4) is 0 Å². The van der Waals surface area contributed by atoms with Gasteiger partial charge < -0.3 is 10.2 Å². The van der Waals surface area contributed by atoms with Gasteiger partial charge in [0.1, 0.15) is 6.54 Å². The van der Waals surface area contributed by atoms with E-state index < -0.39 is 18.6 Å². The summed E-state index contributed by atoms with van der Waals surface area (Å²) in [7, 11) is 0. The fourth-order valence-corrected chi connectivity index (χ4v) is 2.60. The highest BCUT2D eigenvalue weighted by Crippen LogP contribution is 2.22. The van der Waals surface area contributed by atoms with Crippen LogP contribution in [0.4, 0.5) is 13.2 Å². The van der Waals surface area contributed by atoms with Crippen LogP contribution in [0.2, 0.25) is 0 Å². The number of hydrogen-bond donors (Lipinski definition) is 1. The van der Waals surface area contributed by atoms with Crippen LogP contribution in [0.15, 0.2) is 30.3 Å². The summed E-state index contributed by atoms with van der Waals surface area (Å²) in [5, 5.41) is 3.10. The summed E-state index contributed by atoms with van der Waals surface area (Å²) in [6.07, 6.45) is -3.22. The molecule has 0 aliphatic carbocycles. The molecule has 1 aromatic carbocycles. The second kappa shape index (κ2) is 6.93. The molecule has 1 fully saturated rings. The van der Waals surface area contributed by atoms with Gasteiger partial charge in [0, 0.05) is 6.04 Å². The molecule has 6 heteroatoms.